The van der Waals surface area contributed by atoms with E-state index in [1.54, 1.807) is 16.8 Å². The minimum absolute atomic E-state index is 0.0964. The number of rotatable bonds is 7. The molecule has 0 spiro atoms. The number of imidazole rings is 1. The highest BCUT2D eigenvalue weighted by molar-refractivity contribution is 6.36. The molecular formula is C21H26Cl2N4O. The molecule has 5 nitrogen and oxygen atoms in total. The van der Waals surface area contributed by atoms with Gasteiger partial charge >= 0.3 is 0 Å². The van der Waals surface area contributed by atoms with Crippen molar-refractivity contribution in [1.82, 2.24) is 19.3 Å². The third-order valence-electron chi connectivity index (χ3n) is 4.95. The molecule has 1 aromatic carbocycles. The van der Waals surface area contributed by atoms with Gasteiger partial charge in [-0.25, -0.2) is 9.67 Å². The highest BCUT2D eigenvalue weighted by atomic mass is 35.5. The molecule has 150 valence electrons. The molecule has 2 heterocycles. The first-order chi connectivity index (χ1) is 13.4. The molecule has 0 saturated heterocycles. The third kappa shape index (κ3) is 3.70. The molecular weight excluding hydrogens is 395 g/mol. The van der Waals surface area contributed by atoms with Crippen molar-refractivity contribution >= 4 is 34.2 Å². The Bertz CT molecular complexity index is 1050. The van der Waals surface area contributed by atoms with E-state index in [0.29, 0.717) is 33.3 Å². The molecule has 0 radical (unpaired) electrons. The summed E-state index contributed by atoms with van der Waals surface area (Å²) in [5.41, 5.74) is 2.49. The van der Waals surface area contributed by atoms with Crippen LogP contribution in [0.1, 0.15) is 58.8 Å². The van der Waals surface area contributed by atoms with Crippen LogP contribution < -0.4 is 5.56 Å². The van der Waals surface area contributed by atoms with Crippen molar-refractivity contribution < 1.29 is 0 Å². The van der Waals surface area contributed by atoms with Crippen LogP contribution in [0, 0.1) is 0 Å². The molecule has 2 aromatic heterocycles. The Balaban J connectivity index is 2.42. The quantitative estimate of drug-likeness (QED) is 0.477. The van der Waals surface area contributed by atoms with Gasteiger partial charge in [-0.15, -0.1) is 0 Å². The van der Waals surface area contributed by atoms with Gasteiger partial charge in [-0.3, -0.25) is 4.79 Å². The number of hydrogen-bond acceptors (Lipinski definition) is 3. The Hall–Kier alpha value is -1.85. The van der Waals surface area contributed by atoms with Gasteiger partial charge in [0.15, 0.2) is 0 Å². The van der Waals surface area contributed by atoms with Crippen molar-refractivity contribution in [2.75, 3.05) is 0 Å². The maximum atomic E-state index is 13.3. The van der Waals surface area contributed by atoms with Crippen molar-refractivity contribution in [3.8, 4) is 11.3 Å². The van der Waals surface area contributed by atoms with Crippen molar-refractivity contribution in [3.05, 3.63) is 44.4 Å². The lowest BCUT2D eigenvalue weighted by Crippen LogP contribution is -2.26. The number of benzene rings is 1. The highest BCUT2D eigenvalue weighted by Gasteiger charge is 2.23. The van der Waals surface area contributed by atoms with Gasteiger partial charge in [0.2, 0.25) is 0 Å². The van der Waals surface area contributed by atoms with Crippen LogP contribution in [0.3, 0.4) is 0 Å². The monoisotopic (exact) mass is 420 g/mol. The fourth-order valence-electron chi connectivity index (χ4n) is 3.68. The molecule has 3 rings (SSSR count). The lowest BCUT2D eigenvalue weighted by molar-refractivity contribution is 0.491. The van der Waals surface area contributed by atoms with E-state index in [-0.39, 0.29) is 11.6 Å². The van der Waals surface area contributed by atoms with E-state index in [4.69, 9.17) is 28.2 Å². The van der Waals surface area contributed by atoms with Gasteiger partial charge in [-0.05, 0) is 38.0 Å². The zero-order valence-corrected chi connectivity index (χ0v) is 18.3. The lowest BCUT2D eigenvalue weighted by Gasteiger charge is -2.17. The smallest absolute Gasteiger partial charge is 0.292 e. The van der Waals surface area contributed by atoms with Crippen LogP contribution in [0.2, 0.25) is 10.0 Å². The largest absolute Gasteiger partial charge is 0.321 e. The number of aromatic nitrogens is 4. The number of halogens is 2. The van der Waals surface area contributed by atoms with E-state index < -0.39 is 0 Å². The fourth-order valence-corrected chi connectivity index (χ4v) is 4.18. The van der Waals surface area contributed by atoms with Gasteiger partial charge < -0.3 is 4.57 Å². The van der Waals surface area contributed by atoms with Crippen LogP contribution >= 0.6 is 23.2 Å². The zero-order chi connectivity index (χ0) is 20.4. The molecule has 28 heavy (non-hydrogen) atoms. The summed E-state index contributed by atoms with van der Waals surface area (Å²) in [6.07, 6.45) is 3.56. The Morgan fingerprint density at radius 1 is 1.14 bits per heavy atom. The van der Waals surface area contributed by atoms with Crippen molar-refractivity contribution in [2.24, 2.45) is 0 Å². The standard InChI is InChI=1S/C21H26Cl2N4O/c1-5-8-13(4)27-17(7-3)24-19-18(15-10-9-14(22)12-16(15)23)25-26(11-6-2)21(28)20(19)27/h9-10,12-13H,5-8,11H2,1-4H3. The van der Waals surface area contributed by atoms with Gasteiger partial charge in [0.1, 0.15) is 22.6 Å². The summed E-state index contributed by atoms with van der Waals surface area (Å²) in [6, 6.07) is 5.50. The van der Waals surface area contributed by atoms with E-state index in [1.807, 2.05) is 13.0 Å². The minimum Gasteiger partial charge on any atom is -0.321 e. The van der Waals surface area contributed by atoms with Crippen LogP contribution in [0.15, 0.2) is 23.0 Å². The number of fused-ring (bicyclic) bond motifs is 1. The lowest BCUT2D eigenvalue weighted by atomic mass is 10.1. The molecule has 1 unspecified atom stereocenters. The molecule has 0 saturated carbocycles. The van der Waals surface area contributed by atoms with E-state index in [2.05, 4.69) is 30.4 Å². The predicted octanol–water partition coefficient (Wildman–Crippen LogP) is 5.90. The summed E-state index contributed by atoms with van der Waals surface area (Å²) in [4.78, 5) is 18.1. The number of aryl methyl sites for hydroxylation is 2. The number of nitrogens with zero attached hydrogens (tertiary/aromatic N) is 4. The second-order valence-electron chi connectivity index (χ2n) is 7.09. The summed E-state index contributed by atoms with van der Waals surface area (Å²) in [6.45, 7) is 8.92. The molecule has 0 fully saturated rings. The highest BCUT2D eigenvalue weighted by Crippen LogP contribution is 2.34. The van der Waals surface area contributed by atoms with Crippen LogP contribution in [0.5, 0.6) is 0 Å². The van der Waals surface area contributed by atoms with Crippen LogP contribution in [-0.4, -0.2) is 19.3 Å². The number of hydrogen-bond donors (Lipinski definition) is 0. The van der Waals surface area contributed by atoms with Gasteiger partial charge in [0.25, 0.3) is 5.56 Å². The molecule has 0 amide bonds. The Morgan fingerprint density at radius 3 is 2.50 bits per heavy atom. The second-order valence-corrected chi connectivity index (χ2v) is 7.93. The van der Waals surface area contributed by atoms with Crippen molar-refractivity contribution in [1.29, 1.82) is 0 Å². The summed E-state index contributed by atoms with van der Waals surface area (Å²) >= 11 is 12.6. The summed E-state index contributed by atoms with van der Waals surface area (Å²) in [5.74, 6) is 0.899. The van der Waals surface area contributed by atoms with E-state index in [1.165, 1.54) is 0 Å². The average molecular weight is 421 g/mol. The first-order valence-electron chi connectivity index (χ1n) is 9.90. The van der Waals surface area contributed by atoms with Gasteiger partial charge in [0, 0.05) is 29.6 Å². The SMILES string of the molecule is CCCC(C)n1c(CC)nc2c(-c3ccc(Cl)cc3Cl)nn(CCC)c(=O)c21. The molecule has 1 atom stereocenters. The molecule has 0 aliphatic rings. The molecule has 0 bridgehead atoms. The van der Waals surface area contributed by atoms with E-state index >= 15 is 0 Å². The van der Waals surface area contributed by atoms with Crippen molar-refractivity contribution in [3.63, 3.8) is 0 Å². The molecule has 0 N–H and O–H groups in total. The molecule has 0 aliphatic heterocycles. The normalized spacial score (nSPS) is 12.6. The third-order valence-corrected chi connectivity index (χ3v) is 5.50. The summed E-state index contributed by atoms with van der Waals surface area (Å²) in [7, 11) is 0. The molecule has 0 aliphatic carbocycles. The first-order valence-corrected chi connectivity index (χ1v) is 10.7. The maximum Gasteiger partial charge on any atom is 0.292 e. The van der Waals surface area contributed by atoms with Crippen LogP contribution in [0.25, 0.3) is 22.3 Å². The summed E-state index contributed by atoms with van der Waals surface area (Å²) in [5, 5.41) is 5.70. The zero-order valence-electron chi connectivity index (χ0n) is 16.8. The maximum absolute atomic E-state index is 13.3. The van der Waals surface area contributed by atoms with Gasteiger partial charge in [0.05, 0.1) is 5.02 Å². The predicted molar refractivity (Wildman–Crippen MR) is 117 cm³/mol. The minimum atomic E-state index is -0.0964. The summed E-state index contributed by atoms with van der Waals surface area (Å²) < 4.78 is 3.64. The van der Waals surface area contributed by atoms with Crippen LogP contribution in [0.4, 0.5) is 0 Å². The molecule has 3 aromatic rings. The average Bonchev–Trinajstić information content (AvgIpc) is 3.05. The van der Waals surface area contributed by atoms with E-state index in [9.17, 15) is 4.79 Å². The Morgan fingerprint density at radius 2 is 1.89 bits per heavy atom. The van der Waals surface area contributed by atoms with Gasteiger partial charge in [-0.1, -0.05) is 50.4 Å². The van der Waals surface area contributed by atoms with Gasteiger partial charge in [-0.2, -0.15) is 5.10 Å². The Kier molecular flexibility index (Phi) is 6.46. The Labute approximate surface area is 175 Å². The fraction of sp³-hybridized carbons (Fsp3) is 0.476. The second kappa shape index (κ2) is 8.66. The van der Waals surface area contributed by atoms with Crippen molar-refractivity contribution in [2.45, 2.75) is 66.0 Å². The molecule has 7 heteroatoms. The van der Waals surface area contributed by atoms with Crippen LogP contribution in [-0.2, 0) is 13.0 Å². The van der Waals surface area contributed by atoms with E-state index in [0.717, 1.165) is 37.1 Å². The first kappa shape index (κ1) is 20.9. The topological polar surface area (TPSA) is 52.7 Å².